The summed E-state index contributed by atoms with van der Waals surface area (Å²) in [6.07, 6.45) is 0.427. The van der Waals surface area contributed by atoms with Crippen molar-refractivity contribution in [1.29, 1.82) is 0 Å². The van der Waals surface area contributed by atoms with Gasteiger partial charge in [0.1, 0.15) is 12.3 Å². The molecule has 7 heteroatoms. The lowest BCUT2D eigenvalue weighted by Gasteiger charge is -2.29. The third-order valence-corrected chi connectivity index (χ3v) is 4.90. The van der Waals surface area contributed by atoms with Gasteiger partial charge in [-0.3, -0.25) is 4.79 Å². The minimum Gasteiger partial charge on any atom is -0.459 e. The maximum atomic E-state index is 12.4. The third-order valence-electron chi connectivity index (χ3n) is 4.90. The van der Waals surface area contributed by atoms with Crippen LogP contribution in [0.25, 0.3) is 0 Å². The molecule has 0 aromatic heterocycles. The molecule has 1 heterocycles. The largest absolute Gasteiger partial charge is 0.459 e. The molecule has 0 radical (unpaired) electrons. The van der Waals surface area contributed by atoms with Crippen molar-refractivity contribution in [3.05, 3.63) is 35.9 Å². The molecule has 0 amide bonds. The summed E-state index contributed by atoms with van der Waals surface area (Å²) in [4.78, 5) is 30.0. The van der Waals surface area contributed by atoms with Crippen molar-refractivity contribution in [2.24, 2.45) is 16.0 Å². The van der Waals surface area contributed by atoms with Gasteiger partial charge >= 0.3 is 11.9 Å². The number of benzene rings is 1. The van der Waals surface area contributed by atoms with Gasteiger partial charge in [-0.05, 0) is 54.0 Å². The Morgan fingerprint density at radius 3 is 2.06 bits per heavy atom. The Balaban J connectivity index is 2.38. The topological polar surface area (TPSA) is 83.4 Å². The highest BCUT2D eigenvalue weighted by atomic mass is 16.7. The zero-order valence-electron chi connectivity index (χ0n) is 19.7. The summed E-state index contributed by atoms with van der Waals surface area (Å²) in [6, 6.07) is 9.66. The maximum absolute atomic E-state index is 12.4. The van der Waals surface area contributed by atoms with E-state index in [2.05, 4.69) is 5.16 Å². The fourth-order valence-corrected chi connectivity index (χ4v) is 2.94. The van der Waals surface area contributed by atoms with Crippen LogP contribution in [0.3, 0.4) is 0 Å². The molecule has 0 unspecified atom stereocenters. The fourth-order valence-electron chi connectivity index (χ4n) is 2.94. The normalized spacial score (nSPS) is 17.8. The van der Waals surface area contributed by atoms with Gasteiger partial charge < -0.3 is 19.0 Å². The molecule has 1 atom stereocenters. The second-order valence-corrected chi connectivity index (χ2v) is 10.0. The number of esters is 1. The number of ether oxygens (including phenoxy) is 3. The molecule has 1 saturated heterocycles. The molecule has 0 aliphatic carbocycles. The van der Waals surface area contributed by atoms with Crippen LogP contribution in [0, 0.1) is 10.8 Å². The summed E-state index contributed by atoms with van der Waals surface area (Å²) < 4.78 is 17.2. The zero-order chi connectivity index (χ0) is 23.3. The van der Waals surface area contributed by atoms with E-state index in [-0.39, 0.29) is 18.5 Å². The molecule has 1 aromatic carbocycles. The van der Waals surface area contributed by atoms with Crippen LogP contribution in [0.15, 0.2) is 35.5 Å². The fraction of sp³-hybridized carbons (Fsp3) is 0.625. The van der Waals surface area contributed by atoms with Crippen molar-refractivity contribution >= 4 is 17.7 Å². The summed E-state index contributed by atoms with van der Waals surface area (Å²) in [5, 5.41) is 4.17. The third kappa shape index (κ3) is 7.43. The van der Waals surface area contributed by atoms with Crippen molar-refractivity contribution in [2.75, 3.05) is 19.8 Å². The van der Waals surface area contributed by atoms with Gasteiger partial charge in [0.05, 0.1) is 24.0 Å². The van der Waals surface area contributed by atoms with Crippen LogP contribution in [0.2, 0.25) is 0 Å². The molecular formula is C24H35NO6. The molecule has 7 nitrogen and oxygen atoms in total. The van der Waals surface area contributed by atoms with Gasteiger partial charge in [-0.25, -0.2) is 4.79 Å². The molecule has 0 bridgehead atoms. The molecule has 1 aromatic rings. The summed E-state index contributed by atoms with van der Waals surface area (Å²) in [7, 11) is 0. The van der Waals surface area contributed by atoms with E-state index in [1.807, 2.05) is 37.3 Å². The van der Waals surface area contributed by atoms with E-state index in [0.717, 1.165) is 5.56 Å². The van der Waals surface area contributed by atoms with Crippen molar-refractivity contribution < 1.29 is 28.6 Å². The highest BCUT2D eigenvalue weighted by Gasteiger charge is 2.37. The number of rotatable bonds is 7. The lowest BCUT2D eigenvalue weighted by molar-refractivity contribution is -0.153. The Bertz CT molecular complexity index is 783. The van der Waals surface area contributed by atoms with Crippen LogP contribution in [0.1, 0.15) is 66.4 Å². The highest BCUT2D eigenvalue weighted by Crippen LogP contribution is 2.34. The smallest absolute Gasteiger partial charge is 0.340 e. The van der Waals surface area contributed by atoms with Gasteiger partial charge in [-0.2, -0.15) is 0 Å². The molecule has 172 valence electrons. The predicted molar refractivity (Wildman–Crippen MR) is 118 cm³/mol. The first-order valence-electron chi connectivity index (χ1n) is 10.6. The van der Waals surface area contributed by atoms with Gasteiger partial charge in [0.25, 0.3) is 0 Å². The highest BCUT2D eigenvalue weighted by molar-refractivity contribution is 5.94. The Labute approximate surface area is 185 Å². The van der Waals surface area contributed by atoms with Crippen molar-refractivity contribution in [2.45, 2.75) is 66.6 Å². The molecule has 2 rings (SSSR count). The van der Waals surface area contributed by atoms with E-state index in [1.165, 1.54) is 0 Å². The standard InChI is InChI=1S/C24H35NO6/c1-22(2,3)20(26)28-16-19(25-31-21(27)23(4,5)6)18(17-11-9-8-10-12-17)15-24(7)29-13-14-30-24/h8-12,18H,13-16H2,1-7H3/b25-19-/t18-/m0/s1. The monoisotopic (exact) mass is 433 g/mol. The van der Waals surface area contributed by atoms with E-state index >= 15 is 0 Å². The quantitative estimate of drug-likeness (QED) is 0.273. The number of nitrogens with zero attached hydrogens (tertiary/aromatic N) is 1. The molecule has 1 aliphatic rings. The van der Waals surface area contributed by atoms with Crippen molar-refractivity contribution in [3.63, 3.8) is 0 Å². The lowest BCUT2D eigenvalue weighted by atomic mass is 9.88. The van der Waals surface area contributed by atoms with E-state index in [4.69, 9.17) is 19.0 Å². The summed E-state index contributed by atoms with van der Waals surface area (Å²) >= 11 is 0. The second-order valence-electron chi connectivity index (χ2n) is 10.0. The molecule has 0 N–H and O–H groups in total. The number of carbonyl (C=O) groups excluding carboxylic acids is 2. The van der Waals surface area contributed by atoms with Gasteiger partial charge in [0.2, 0.25) is 0 Å². The van der Waals surface area contributed by atoms with Crippen LogP contribution < -0.4 is 0 Å². The first-order chi connectivity index (χ1) is 14.3. The minimum atomic E-state index is -0.816. The van der Waals surface area contributed by atoms with E-state index in [1.54, 1.807) is 41.5 Å². The molecule has 0 spiro atoms. The summed E-state index contributed by atoms with van der Waals surface area (Å²) in [5.41, 5.74) is -0.0382. The van der Waals surface area contributed by atoms with Crippen LogP contribution in [-0.4, -0.2) is 43.3 Å². The lowest BCUT2D eigenvalue weighted by Crippen LogP contribution is -2.34. The van der Waals surface area contributed by atoms with Gasteiger partial charge in [0.15, 0.2) is 5.79 Å². The van der Waals surface area contributed by atoms with E-state index in [9.17, 15) is 9.59 Å². The Hall–Kier alpha value is -2.25. The summed E-state index contributed by atoms with van der Waals surface area (Å²) in [6.45, 7) is 13.4. The predicted octanol–water partition coefficient (Wildman–Crippen LogP) is 4.46. The second kappa shape index (κ2) is 9.92. The Kier molecular flexibility index (Phi) is 8.00. The number of hydrogen-bond donors (Lipinski definition) is 0. The Morgan fingerprint density at radius 2 is 1.55 bits per heavy atom. The van der Waals surface area contributed by atoms with E-state index in [0.29, 0.717) is 25.3 Å². The number of carbonyl (C=O) groups is 2. The summed E-state index contributed by atoms with van der Waals surface area (Å²) in [5.74, 6) is -2.00. The average molecular weight is 434 g/mol. The van der Waals surface area contributed by atoms with Gasteiger partial charge in [-0.1, -0.05) is 35.5 Å². The minimum absolute atomic E-state index is 0.108. The first-order valence-corrected chi connectivity index (χ1v) is 10.6. The molecule has 1 aliphatic heterocycles. The van der Waals surface area contributed by atoms with Gasteiger partial charge in [-0.15, -0.1) is 0 Å². The zero-order valence-corrected chi connectivity index (χ0v) is 19.7. The van der Waals surface area contributed by atoms with Crippen LogP contribution in [0.5, 0.6) is 0 Å². The maximum Gasteiger partial charge on any atom is 0.340 e. The van der Waals surface area contributed by atoms with Gasteiger partial charge in [0, 0.05) is 12.3 Å². The molecule has 0 saturated carbocycles. The van der Waals surface area contributed by atoms with Crippen molar-refractivity contribution in [3.8, 4) is 0 Å². The molecular weight excluding hydrogens is 398 g/mol. The van der Waals surface area contributed by atoms with Crippen LogP contribution >= 0.6 is 0 Å². The Morgan fingerprint density at radius 1 is 1.00 bits per heavy atom. The SMILES string of the molecule is CC1(C[C@H](/C(COC(=O)C(C)(C)C)=N\OC(=O)C(C)(C)C)c2ccccc2)OCCO1. The number of oxime groups is 1. The van der Waals surface area contributed by atoms with Crippen LogP contribution in [0.4, 0.5) is 0 Å². The van der Waals surface area contributed by atoms with Crippen LogP contribution in [-0.2, 0) is 28.6 Å². The first kappa shape index (κ1) is 25.0. The average Bonchev–Trinajstić information content (AvgIpc) is 3.11. The molecule has 1 fully saturated rings. The van der Waals surface area contributed by atoms with Crippen molar-refractivity contribution in [1.82, 2.24) is 0 Å². The number of hydrogen-bond acceptors (Lipinski definition) is 7. The van der Waals surface area contributed by atoms with E-state index < -0.39 is 22.6 Å². The molecule has 31 heavy (non-hydrogen) atoms.